The first kappa shape index (κ1) is 22.6. The molecule has 1 unspecified atom stereocenters. The number of fused-ring (bicyclic) bond motifs is 1. The number of carbonyl (C=O) groups excluding carboxylic acids is 2. The first-order valence-corrected chi connectivity index (χ1v) is 12.4. The lowest BCUT2D eigenvalue weighted by Crippen LogP contribution is -2.43. The zero-order valence-corrected chi connectivity index (χ0v) is 20.5. The monoisotopic (exact) mass is 493 g/mol. The van der Waals surface area contributed by atoms with Gasteiger partial charge in [0.1, 0.15) is 10.6 Å². The van der Waals surface area contributed by atoms with Crippen LogP contribution in [0.3, 0.4) is 0 Å². The molecule has 1 aliphatic rings. The first-order valence-electron chi connectivity index (χ1n) is 11.2. The molecule has 4 heterocycles. The number of halogens is 1. The molecule has 3 aromatic heterocycles. The molecule has 5 rings (SSSR count). The van der Waals surface area contributed by atoms with Gasteiger partial charge in [-0.25, -0.2) is 9.67 Å². The highest BCUT2D eigenvalue weighted by Crippen LogP contribution is 2.32. The quantitative estimate of drug-likeness (QED) is 0.421. The number of benzene rings is 1. The third-order valence-corrected chi connectivity index (χ3v) is 7.47. The summed E-state index contributed by atoms with van der Waals surface area (Å²) in [6.45, 7) is 4.88. The molecule has 7 nitrogen and oxygen atoms in total. The molecule has 1 fully saturated rings. The Bertz CT molecular complexity index is 1400. The van der Waals surface area contributed by atoms with E-state index in [0.717, 1.165) is 40.0 Å². The average Bonchev–Trinajstić information content (AvgIpc) is 3.40. The average molecular weight is 494 g/mol. The SMILES string of the molecule is Cc1cccnc1NC(=O)C1CCCN(C(=O)c2cc3c(C)nn(-c4cccc(Cl)c4)c3s2)C1. The fourth-order valence-corrected chi connectivity index (χ4v) is 5.64. The van der Waals surface area contributed by atoms with Crippen molar-refractivity contribution < 1.29 is 9.59 Å². The maximum atomic E-state index is 13.4. The van der Waals surface area contributed by atoms with Crippen molar-refractivity contribution in [1.29, 1.82) is 0 Å². The summed E-state index contributed by atoms with van der Waals surface area (Å²) in [6, 6.07) is 13.2. The lowest BCUT2D eigenvalue weighted by Gasteiger charge is -2.31. The molecule has 174 valence electrons. The lowest BCUT2D eigenvalue weighted by atomic mass is 9.97. The van der Waals surface area contributed by atoms with Gasteiger partial charge in [-0.2, -0.15) is 5.10 Å². The molecular weight excluding hydrogens is 470 g/mol. The molecule has 1 N–H and O–H groups in total. The summed E-state index contributed by atoms with van der Waals surface area (Å²) in [5.41, 5.74) is 2.62. The summed E-state index contributed by atoms with van der Waals surface area (Å²) in [5.74, 6) is 0.159. The van der Waals surface area contributed by atoms with E-state index in [0.29, 0.717) is 28.8 Å². The summed E-state index contributed by atoms with van der Waals surface area (Å²) < 4.78 is 1.83. The second-order valence-electron chi connectivity index (χ2n) is 8.56. The smallest absolute Gasteiger partial charge is 0.264 e. The summed E-state index contributed by atoms with van der Waals surface area (Å²) >= 11 is 7.59. The molecule has 4 aromatic rings. The highest BCUT2D eigenvalue weighted by molar-refractivity contribution is 7.20. The Hall–Kier alpha value is -3.23. The lowest BCUT2D eigenvalue weighted by molar-refractivity contribution is -0.121. The fourth-order valence-electron chi connectivity index (χ4n) is 4.30. The van der Waals surface area contributed by atoms with E-state index in [1.54, 1.807) is 11.1 Å². The van der Waals surface area contributed by atoms with Crippen LogP contribution in [0.25, 0.3) is 15.9 Å². The van der Waals surface area contributed by atoms with Crippen LogP contribution in [0.15, 0.2) is 48.7 Å². The zero-order valence-electron chi connectivity index (χ0n) is 18.9. The van der Waals surface area contributed by atoms with Crippen molar-refractivity contribution in [3.05, 3.63) is 69.8 Å². The fraction of sp³-hybridized carbons (Fsp3) is 0.280. The Kier molecular flexibility index (Phi) is 6.10. The summed E-state index contributed by atoms with van der Waals surface area (Å²) in [4.78, 5) is 33.9. The van der Waals surface area contributed by atoms with Gasteiger partial charge in [-0.3, -0.25) is 9.59 Å². The minimum Gasteiger partial charge on any atom is -0.337 e. The van der Waals surface area contributed by atoms with Gasteiger partial charge < -0.3 is 10.2 Å². The molecule has 1 atom stereocenters. The predicted octanol–water partition coefficient (Wildman–Crippen LogP) is 5.24. The topological polar surface area (TPSA) is 80.1 Å². The van der Waals surface area contributed by atoms with E-state index >= 15 is 0 Å². The second-order valence-corrected chi connectivity index (χ2v) is 10.0. The molecule has 1 saturated heterocycles. The molecule has 34 heavy (non-hydrogen) atoms. The number of pyridine rings is 1. The molecular formula is C25H24ClN5O2S. The first-order chi connectivity index (χ1) is 16.4. The second kappa shape index (κ2) is 9.19. The highest BCUT2D eigenvalue weighted by Gasteiger charge is 2.30. The van der Waals surface area contributed by atoms with Crippen molar-refractivity contribution in [2.24, 2.45) is 5.92 Å². The normalized spacial score (nSPS) is 16.1. The molecule has 0 aliphatic carbocycles. The number of aryl methyl sites for hydroxylation is 2. The zero-order chi connectivity index (χ0) is 23.8. The molecule has 0 spiro atoms. The number of thiophene rings is 1. The van der Waals surface area contributed by atoms with Gasteiger partial charge in [-0.05, 0) is 62.6 Å². The Morgan fingerprint density at radius 2 is 2.03 bits per heavy atom. The number of anilines is 1. The van der Waals surface area contributed by atoms with E-state index in [-0.39, 0.29) is 17.7 Å². The number of amides is 2. The highest BCUT2D eigenvalue weighted by atomic mass is 35.5. The summed E-state index contributed by atoms with van der Waals surface area (Å²) in [5, 5.41) is 9.15. The molecule has 9 heteroatoms. The van der Waals surface area contributed by atoms with Crippen molar-refractivity contribution >= 4 is 50.8 Å². The van der Waals surface area contributed by atoms with E-state index < -0.39 is 0 Å². The van der Waals surface area contributed by atoms with Gasteiger partial charge in [-0.1, -0.05) is 23.7 Å². The van der Waals surface area contributed by atoms with Crippen LogP contribution in [-0.4, -0.2) is 44.6 Å². The number of aromatic nitrogens is 3. The van der Waals surface area contributed by atoms with Gasteiger partial charge in [0.15, 0.2) is 0 Å². The number of likely N-dealkylation sites (tertiary alicyclic amines) is 1. The maximum absolute atomic E-state index is 13.4. The standard InChI is InChI=1S/C25H24ClN5O2S/c1-15-6-4-10-27-22(15)28-23(32)17-7-5-11-30(14-17)24(33)21-13-20-16(2)29-31(25(20)34-21)19-9-3-8-18(26)12-19/h3-4,6,8-10,12-13,17H,5,7,11,14H2,1-2H3,(H,27,28,32). The number of rotatable bonds is 4. The van der Waals surface area contributed by atoms with Gasteiger partial charge in [0.2, 0.25) is 5.91 Å². The number of hydrogen-bond donors (Lipinski definition) is 1. The number of hydrogen-bond acceptors (Lipinski definition) is 5. The molecule has 0 radical (unpaired) electrons. The van der Waals surface area contributed by atoms with Crippen LogP contribution in [0.2, 0.25) is 5.02 Å². The van der Waals surface area contributed by atoms with Crippen molar-refractivity contribution in [2.45, 2.75) is 26.7 Å². The number of carbonyl (C=O) groups is 2. The van der Waals surface area contributed by atoms with Crippen LogP contribution < -0.4 is 5.32 Å². The van der Waals surface area contributed by atoms with Gasteiger partial charge in [0.05, 0.1) is 22.2 Å². The molecule has 1 aromatic carbocycles. The largest absolute Gasteiger partial charge is 0.337 e. The van der Waals surface area contributed by atoms with Crippen molar-refractivity contribution in [3.63, 3.8) is 0 Å². The Balaban J connectivity index is 1.36. The maximum Gasteiger partial charge on any atom is 0.264 e. The molecule has 2 amide bonds. The van der Waals surface area contributed by atoms with E-state index in [2.05, 4.69) is 15.4 Å². The van der Waals surface area contributed by atoms with Crippen molar-refractivity contribution in [2.75, 3.05) is 18.4 Å². The Morgan fingerprint density at radius 1 is 1.18 bits per heavy atom. The summed E-state index contributed by atoms with van der Waals surface area (Å²) in [6.07, 6.45) is 3.19. The van der Waals surface area contributed by atoms with Crippen LogP contribution in [0.4, 0.5) is 5.82 Å². The van der Waals surface area contributed by atoms with Crippen molar-refractivity contribution in [3.8, 4) is 5.69 Å². The van der Waals surface area contributed by atoms with Crippen molar-refractivity contribution in [1.82, 2.24) is 19.7 Å². The Labute approximate surface area is 206 Å². The third kappa shape index (κ3) is 4.31. The van der Waals surface area contributed by atoms with Crippen LogP contribution in [0, 0.1) is 19.8 Å². The minimum absolute atomic E-state index is 0.0511. The summed E-state index contributed by atoms with van der Waals surface area (Å²) in [7, 11) is 0. The van der Waals surface area contributed by atoms with E-state index in [1.165, 1.54) is 11.3 Å². The van der Waals surface area contributed by atoms with E-state index in [1.807, 2.05) is 61.0 Å². The van der Waals surface area contributed by atoms with Crippen LogP contribution >= 0.6 is 22.9 Å². The number of piperidine rings is 1. The molecule has 0 bridgehead atoms. The number of nitrogens with zero attached hydrogens (tertiary/aromatic N) is 4. The van der Waals surface area contributed by atoms with Crippen LogP contribution in [0.1, 0.15) is 33.8 Å². The molecule has 1 aliphatic heterocycles. The van der Waals surface area contributed by atoms with E-state index in [9.17, 15) is 9.59 Å². The van der Waals surface area contributed by atoms with Crippen LogP contribution in [-0.2, 0) is 4.79 Å². The Morgan fingerprint density at radius 3 is 2.82 bits per heavy atom. The van der Waals surface area contributed by atoms with Gasteiger partial charge in [0.25, 0.3) is 5.91 Å². The van der Waals surface area contributed by atoms with Gasteiger partial charge in [0, 0.05) is 29.7 Å². The van der Waals surface area contributed by atoms with E-state index in [4.69, 9.17) is 11.6 Å². The molecule has 0 saturated carbocycles. The van der Waals surface area contributed by atoms with Gasteiger partial charge >= 0.3 is 0 Å². The predicted molar refractivity (Wildman–Crippen MR) is 135 cm³/mol. The third-order valence-electron chi connectivity index (χ3n) is 6.14. The minimum atomic E-state index is -0.267. The van der Waals surface area contributed by atoms with Crippen LogP contribution in [0.5, 0.6) is 0 Å². The van der Waals surface area contributed by atoms with Gasteiger partial charge in [-0.15, -0.1) is 11.3 Å². The number of nitrogens with one attached hydrogen (secondary N) is 1.